The zero-order valence-electron chi connectivity index (χ0n) is 15.4. The second-order valence-electron chi connectivity index (χ2n) is 6.94. The van der Waals surface area contributed by atoms with E-state index in [1.54, 1.807) is 6.92 Å². The Labute approximate surface area is 150 Å². The highest BCUT2D eigenvalue weighted by atomic mass is 16.6. The van der Waals surface area contributed by atoms with Crippen molar-refractivity contribution in [3.63, 3.8) is 0 Å². The van der Waals surface area contributed by atoms with Gasteiger partial charge in [0.25, 0.3) is 0 Å². The minimum atomic E-state index is -0.574. The van der Waals surface area contributed by atoms with Crippen molar-refractivity contribution in [2.24, 2.45) is 5.92 Å². The second-order valence-corrected chi connectivity index (χ2v) is 6.94. The van der Waals surface area contributed by atoms with Crippen molar-refractivity contribution in [1.29, 1.82) is 0 Å². The topological polar surface area (TPSA) is 52.6 Å². The fourth-order valence-corrected chi connectivity index (χ4v) is 3.46. The van der Waals surface area contributed by atoms with Gasteiger partial charge in [-0.05, 0) is 38.2 Å². The largest absolute Gasteiger partial charge is 0.458 e. The molecule has 1 aromatic carbocycles. The summed E-state index contributed by atoms with van der Waals surface area (Å²) in [5.74, 6) is -0.525. The van der Waals surface area contributed by atoms with Crippen LogP contribution in [0.15, 0.2) is 42.5 Å². The maximum Gasteiger partial charge on any atom is 0.333 e. The highest BCUT2D eigenvalue weighted by Crippen LogP contribution is 2.46. The van der Waals surface area contributed by atoms with Crippen LogP contribution in [0.1, 0.15) is 58.4 Å². The molecule has 0 saturated heterocycles. The van der Waals surface area contributed by atoms with Crippen molar-refractivity contribution in [1.82, 2.24) is 0 Å². The molecule has 3 atom stereocenters. The highest BCUT2D eigenvalue weighted by Gasteiger charge is 2.45. The average Bonchev–Trinajstić information content (AvgIpc) is 2.96. The Balaban J connectivity index is 2.10. The Kier molecular flexibility index (Phi) is 6.40. The van der Waals surface area contributed by atoms with Crippen LogP contribution in [0.4, 0.5) is 0 Å². The molecule has 4 heteroatoms. The minimum Gasteiger partial charge on any atom is -0.458 e. The maximum absolute atomic E-state index is 12.6. The van der Waals surface area contributed by atoms with Gasteiger partial charge in [-0.2, -0.15) is 0 Å². The van der Waals surface area contributed by atoms with Crippen molar-refractivity contribution >= 4 is 11.9 Å². The van der Waals surface area contributed by atoms with Crippen LogP contribution >= 0.6 is 0 Å². The van der Waals surface area contributed by atoms with E-state index in [0.29, 0.717) is 12.0 Å². The first-order valence-corrected chi connectivity index (χ1v) is 9.03. The monoisotopic (exact) mass is 344 g/mol. The molecule has 1 aliphatic rings. The summed E-state index contributed by atoms with van der Waals surface area (Å²) in [5, 5.41) is 0. The zero-order chi connectivity index (χ0) is 18.4. The molecule has 25 heavy (non-hydrogen) atoms. The molecule has 0 heterocycles. The summed E-state index contributed by atoms with van der Waals surface area (Å²) >= 11 is 0. The van der Waals surface area contributed by atoms with Crippen LogP contribution in [0.5, 0.6) is 0 Å². The van der Waals surface area contributed by atoms with E-state index in [1.807, 2.05) is 37.3 Å². The van der Waals surface area contributed by atoms with Crippen LogP contribution in [0.2, 0.25) is 0 Å². The normalized spacial score (nSPS) is 23.7. The SMILES string of the molecule is C=C(C)C(=O)OC(CC)CC(=O)OC1(c2ccccc2)CCCC1C. The van der Waals surface area contributed by atoms with Gasteiger partial charge in [0, 0.05) is 11.5 Å². The molecule has 1 aromatic rings. The number of hydrogen-bond acceptors (Lipinski definition) is 4. The van der Waals surface area contributed by atoms with Crippen LogP contribution in [0.25, 0.3) is 0 Å². The van der Waals surface area contributed by atoms with E-state index in [2.05, 4.69) is 13.5 Å². The number of rotatable bonds is 7. The number of carbonyl (C=O) groups excluding carboxylic acids is 2. The van der Waals surface area contributed by atoms with Crippen molar-refractivity contribution in [3.8, 4) is 0 Å². The molecule has 0 amide bonds. The highest BCUT2D eigenvalue weighted by molar-refractivity contribution is 5.87. The number of benzene rings is 1. The van der Waals surface area contributed by atoms with Crippen molar-refractivity contribution in [2.45, 2.75) is 64.6 Å². The van der Waals surface area contributed by atoms with E-state index < -0.39 is 17.7 Å². The number of hydrogen-bond donors (Lipinski definition) is 0. The lowest BCUT2D eigenvalue weighted by molar-refractivity contribution is -0.169. The Morgan fingerprint density at radius 3 is 2.52 bits per heavy atom. The molecule has 136 valence electrons. The lowest BCUT2D eigenvalue weighted by Crippen LogP contribution is -2.36. The molecule has 0 spiro atoms. The fourth-order valence-electron chi connectivity index (χ4n) is 3.46. The molecule has 2 rings (SSSR count). The van der Waals surface area contributed by atoms with Gasteiger partial charge in [0.2, 0.25) is 0 Å². The first-order valence-electron chi connectivity index (χ1n) is 9.03. The summed E-state index contributed by atoms with van der Waals surface area (Å²) in [6, 6.07) is 9.95. The molecule has 0 bridgehead atoms. The molecule has 0 aromatic heterocycles. The third-order valence-electron chi connectivity index (χ3n) is 5.01. The van der Waals surface area contributed by atoms with Gasteiger partial charge in [-0.1, -0.05) is 50.8 Å². The number of ether oxygens (including phenoxy) is 2. The van der Waals surface area contributed by atoms with Crippen LogP contribution in [-0.4, -0.2) is 18.0 Å². The van der Waals surface area contributed by atoms with Gasteiger partial charge in [-0.3, -0.25) is 4.79 Å². The fraction of sp³-hybridized carbons (Fsp3) is 0.524. The molecule has 1 fully saturated rings. The van der Waals surface area contributed by atoms with Gasteiger partial charge in [0.05, 0.1) is 6.42 Å². The number of esters is 2. The molecule has 0 radical (unpaired) electrons. The van der Waals surface area contributed by atoms with Gasteiger partial charge < -0.3 is 9.47 Å². The lowest BCUT2D eigenvalue weighted by atomic mass is 9.84. The van der Waals surface area contributed by atoms with E-state index in [9.17, 15) is 9.59 Å². The Morgan fingerprint density at radius 1 is 1.32 bits per heavy atom. The van der Waals surface area contributed by atoms with Crippen LogP contribution < -0.4 is 0 Å². The summed E-state index contributed by atoms with van der Waals surface area (Å²) in [6.45, 7) is 9.18. The third-order valence-corrected chi connectivity index (χ3v) is 5.01. The predicted molar refractivity (Wildman–Crippen MR) is 96.8 cm³/mol. The molecule has 4 nitrogen and oxygen atoms in total. The van der Waals surface area contributed by atoms with Crippen molar-refractivity contribution < 1.29 is 19.1 Å². The van der Waals surface area contributed by atoms with E-state index >= 15 is 0 Å². The van der Waals surface area contributed by atoms with E-state index in [-0.39, 0.29) is 18.3 Å². The summed E-state index contributed by atoms with van der Waals surface area (Å²) in [7, 11) is 0. The van der Waals surface area contributed by atoms with Crippen molar-refractivity contribution in [3.05, 3.63) is 48.0 Å². The molecule has 1 saturated carbocycles. The molecular weight excluding hydrogens is 316 g/mol. The minimum absolute atomic E-state index is 0.0663. The summed E-state index contributed by atoms with van der Waals surface area (Å²) in [4.78, 5) is 24.3. The average molecular weight is 344 g/mol. The molecule has 1 aliphatic carbocycles. The van der Waals surface area contributed by atoms with Gasteiger partial charge in [0.1, 0.15) is 11.7 Å². The summed E-state index contributed by atoms with van der Waals surface area (Å²) in [6.07, 6.45) is 3.03. The predicted octanol–water partition coefficient (Wildman–Crippen LogP) is 4.53. The van der Waals surface area contributed by atoms with Gasteiger partial charge >= 0.3 is 11.9 Å². The Morgan fingerprint density at radius 2 is 2.00 bits per heavy atom. The van der Waals surface area contributed by atoms with Gasteiger partial charge in [0.15, 0.2) is 0 Å². The number of carbonyl (C=O) groups is 2. The zero-order valence-corrected chi connectivity index (χ0v) is 15.4. The molecular formula is C21H28O4. The van der Waals surface area contributed by atoms with Crippen LogP contribution in [0, 0.1) is 5.92 Å². The lowest BCUT2D eigenvalue weighted by Gasteiger charge is -2.34. The quantitative estimate of drug-likeness (QED) is 0.538. The first kappa shape index (κ1) is 19.2. The van der Waals surface area contributed by atoms with Gasteiger partial charge in [-0.15, -0.1) is 0 Å². The molecule has 0 aliphatic heterocycles. The molecule has 3 unspecified atom stereocenters. The van der Waals surface area contributed by atoms with Gasteiger partial charge in [-0.25, -0.2) is 4.79 Å². The van der Waals surface area contributed by atoms with Crippen LogP contribution in [0.3, 0.4) is 0 Å². The van der Waals surface area contributed by atoms with Crippen molar-refractivity contribution in [2.75, 3.05) is 0 Å². The van der Waals surface area contributed by atoms with E-state index in [0.717, 1.165) is 24.8 Å². The standard InChI is InChI=1S/C21H28O4/c1-5-18(24-20(23)15(2)3)14-19(22)25-21(13-9-10-16(21)4)17-11-7-6-8-12-17/h6-8,11-12,16,18H,2,5,9-10,13-14H2,1,3-4H3. The van der Waals surface area contributed by atoms with E-state index in [1.165, 1.54) is 0 Å². The third kappa shape index (κ3) is 4.50. The summed E-state index contributed by atoms with van der Waals surface area (Å²) in [5.41, 5.74) is 0.798. The smallest absolute Gasteiger partial charge is 0.333 e. The second kappa shape index (κ2) is 8.32. The van der Waals surface area contributed by atoms with E-state index in [4.69, 9.17) is 9.47 Å². The first-order chi connectivity index (χ1) is 11.9. The maximum atomic E-state index is 12.6. The summed E-state index contributed by atoms with van der Waals surface area (Å²) < 4.78 is 11.3. The molecule has 0 N–H and O–H groups in total. The Hall–Kier alpha value is -2.10. The van der Waals surface area contributed by atoms with Crippen LogP contribution in [-0.2, 0) is 24.7 Å². The Bertz CT molecular complexity index is 622.